The number of carbonyl (C=O) groups excluding carboxylic acids is 1. The molecule has 0 aromatic heterocycles. The van der Waals surface area contributed by atoms with Crippen LogP contribution in [0, 0.1) is 0 Å². The molecule has 0 bridgehead atoms. The van der Waals surface area contributed by atoms with E-state index in [0.29, 0.717) is 11.6 Å². The monoisotopic (exact) mass is 347 g/mol. The predicted octanol–water partition coefficient (Wildman–Crippen LogP) is 1.08. The third kappa shape index (κ3) is 7.22. The quantitative estimate of drug-likeness (QED) is 0.655. The first kappa shape index (κ1) is 18.9. The van der Waals surface area contributed by atoms with Crippen molar-refractivity contribution in [3.8, 4) is 0 Å². The Bertz CT molecular complexity index is 591. The Kier molecular flexibility index (Phi) is 7.81. The maximum atomic E-state index is 12.0. The second-order valence-electron chi connectivity index (χ2n) is 5.11. The highest BCUT2D eigenvalue weighted by atomic mass is 35.5. The minimum Gasteiger partial charge on any atom is -0.356 e. The standard InChI is InChI=1S/C14H22ClN3O3S/c1-18(2)10-4-8-16-14(19)7-9-17-22(20,21)13-6-3-5-12(15)11-13/h3,5-6,11,17H,4,7-10H2,1-2H3,(H,16,19). The first-order chi connectivity index (χ1) is 10.3. The number of nitrogens with zero attached hydrogens (tertiary/aromatic N) is 1. The molecule has 0 fully saturated rings. The third-order valence-electron chi connectivity index (χ3n) is 2.85. The summed E-state index contributed by atoms with van der Waals surface area (Å²) < 4.78 is 26.4. The molecule has 8 heteroatoms. The molecule has 1 rings (SSSR count). The summed E-state index contributed by atoms with van der Waals surface area (Å²) in [5, 5.41) is 3.10. The van der Waals surface area contributed by atoms with Crippen molar-refractivity contribution in [3.05, 3.63) is 29.3 Å². The molecule has 0 aliphatic heterocycles. The molecule has 0 unspecified atom stereocenters. The number of nitrogens with one attached hydrogen (secondary N) is 2. The van der Waals surface area contributed by atoms with Crippen LogP contribution in [-0.2, 0) is 14.8 Å². The lowest BCUT2D eigenvalue weighted by atomic mass is 10.3. The number of sulfonamides is 1. The number of halogens is 1. The number of amides is 1. The van der Waals surface area contributed by atoms with Crippen LogP contribution >= 0.6 is 11.6 Å². The molecule has 22 heavy (non-hydrogen) atoms. The van der Waals surface area contributed by atoms with E-state index >= 15 is 0 Å². The Morgan fingerprint density at radius 1 is 1.27 bits per heavy atom. The summed E-state index contributed by atoms with van der Waals surface area (Å²) in [5.74, 6) is -0.174. The summed E-state index contributed by atoms with van der Waals surface area (Å²) in [6.07, 6.45) is 0.953. The summed E-state index contributed by atoms with van der Waals surface area (Å²) in [6.45, 7) is 1.52. The molecule has 6 nitrogen and oxygen atoms in total. The van der Waals surface area contributed by atoms with Crippen LogP contribution in [0.25, 0.3) is 0 Å². The Morgan fingerprint density at radius 3 is 2.64 bits per heavy atom. The summed E-state index contributed by atoms with van der Waals surface area (Å²) in [6, 6.07) is 5.98. The molecule has 0 saturated heterocycles. The lowest BCUT2D eigenvalue weighted by molar-refractivity contribution is -0.120. The maximum Gasteiger partial charge on any atom is 0.240 e. The molecule has 1 aromatic carbocycles. The van der Waals surface area contributed by atoms with Gasteiger partial charge in [-0.25, -0.2) is 13.1 Å². The highest BCUT2D eigenvalue weighted by Crippen LogP contribution is 2.14. The number of carbonyl (C=O) groups is 1. The van der Waals surface area contributed by atoms with Gasteiger partial charge in [-0.1, -0.05) is 17.7 Å². The van der Waals surface area contributed by atoms with Gasteiger partial charge in [0.2, 0.25) is 15.9 Å². The molecule has 2 N–H and O–H groups in total. The van der Waals surface area contributed by atoms with E-state index in [2.05, 4.69) is 10.0 Å². The smallest absolute Gasteiger partial charge is 0.240 e. The van der Waals surface area contributed by atoms with E-state index in [9.17, 15) is 13.2 Å². The molecule has 0 heterocycles. The molecule has 0 radical (unpaired) electrons. The van der Waals surface area contributed by atoms with Crippen molar-refractivity contribution >= 4 is 27.5 Å². The predicted molar refractivity (Wildman–Crippen MR) is 87.4 cm³/mol. The van der Waals surface area contributed by atoms with Crippen molar-refractivity contribution in [1.29, 1.82) is 0 Å². The highest BCUT2D eigenvalue weighted by molar-refractivity contribution is 7.89. The fourth-order valence-corrected chi connectivity index (χ4v) is 3.06. The molecule has 1 aromatic rings. The third-order valence-corrected chi connectivity index (χ3v) is 4.55. The van der Waals surface area contributed by atoms with Crippen LogP contribution in [0.15, 0.2) is 29.2 Å². The van der Waals surface area contributed by atoms with Crippen LogP contribution in [-0.4, -0.2) is 53.0 Å². The first-order valence-corrected chi connectivity index (χ1v) is 8.84. The largest absolute Gasteiger partial charge is 0.356 e. The fraction of sp³-hybridized carbons (Fsp3) is 0.500. The van der Waals surface area contributed by atoms with Crippen molar-refractivity contribution in [3.63, 3.8) is 0 Å². The lowest BCUT2D eigenvalue weighted by Gasteiger charge is -2.10. The van der Waals surface area contributed by atoms with Gasteiger partial charge in [0.05, 0.1) is 4.90 Å². The van der Waals surface area contributed by atoms with Crippen LogP contribution < -0.4 is 10.0 Å². The van der Waals surface area contributed by atoms with E-state index in [0.717, 1.165) is 13.0 Å². The van der Waals surface area contributed by atoms with Gasteiger partial charge in [-0.05, 0) is 45.3 Å². The Balaban J connectivity index is 2.32. The highest BCUT2D eigenvalue weighted by Gasteiger charge is 2.14. The van der Waals surface area contributed by atoms with Gasteiger partial charge in [0.15, 0.2) is 0 Å². The minimum absolute atomic E-state index is 0.0500. The Labute approximate surface area is 136 Å². The van der Waals surface area contributed by atoms with E-state index in [1.54, 1.807) is 12.1 Å². The van der Waals surface area contributed by atoms with E-state index < -0.39 is 10.0 Å². The zero-order chi connectivity index (χ0) is 16.6. The molecule has 0 saturated carbocycles. The summed E-state index contributed by atoms with van der Waals surface area (Å²) in [5.41, 5.74) is 0. The molecular formula is C14H22ClN3O3S. The fourth-order valence-electron chi connectivity index (χ4n) is 1.73. The van der Waals surface area contributed by atoms with Crippen molar-refractivity contribution in [2.24, 2.45) is 0 Å². The number of hydrogen-bond acceptors (Lipinski definition) is 4. The van der Waals surface area contributed by atoms with Gasteiger partial charge in [-0.15, -0.1) is 0 Å². The van der Waals surface area contributed by atoms with Crippen molar-refractivity contribution < 1.29 is 13.2 Å². The van der Waals surface area contributed by atoms with Gasteiger partial charge < -0.3 is 10.2 Å². The van der Waals surface area contributed by atoms with Crippen molar-refractivity contribution in [2.45, 2.75) is 17.7 Å². The lowest BCUT2D eigenvalue weighted by Crippen LogP contribution is -2.32. The van der Waals surface area contributed by atoms with Crippen LogP contribution in [0.1, 0.15) is 12.8 Å². The van der Waals surface area contributed by atoms with E-state index in [-0.39, 0.29) is 23.8 Å². The van der Waals surface area contributed by atoms with Gasteiger partial charge in [0, 0.05) is 24.5 Å². The average molecular weight is 348 g/mol. The number of benzene rings is 1. The average Bonchev–Trinajstić information content (AvgIpc) is 2.43. The number of rotatable bonds is 9. The van der Waals surface area contributed by atoms with Gasteiger partial charge in [-0.3, -0.25) is 4.79 Å². The molecule has 124 valence electrons. The van der Waals surface area contributed by atoms with Crippen molar-refractivity contribution in [1.82, 2.24) is 14.9 Å². The van der Waals surface area contributed by atoms with Crippen LogP contribution in [0.5, 0.6) is 0 Å². The van der Waals surface area contributed by atoms with Gasteiger partial charge in [0.25, 0.3) is 0 Å². The van der Waals surface area contributed by atoms with E-state index in [4.69, 9.17) is 11.6 Å². The zero-order valence-corrected chi connectivity index (χ0v) is 14.4. The second kappa shape index (κ2) is 9.09. The topological polar surface area (TPSA) is 78.5 Å². The number of hydrogen-bond donors (Lipinski definition) is 2. The van der Waals surface area contributed by atoms with Crippen LogP contribution in [0.4, 0.5) is 0 Å². The molecule has 0 aliphatic rings. The molecule has 0 atom stereocenters. The SMILES string of the molecule is CN(C)CCCNC(=O)CCNS(=O)(=O)c1cccc(Cl)c1. The molecule has 0 aliphatic carbocycles. The summed E-state index contributed by atoms with van der Waals surface area (Å²) >= 11 is 5.77. The van der Waals surface area contributed by atoms with Crippen LogP contribution in [0.3, 0.4) is 0 Å². The van der Waals surface area contributed by atoms with Gasteiger partial charge >= 0.3 is 0 Å². The van der Waals surface area contributed by atoms with Crippen LogP contribution in [0.2, 0.25) is 5.02 Å². The Hall–Kier alpha value is -1.15. The van der Waals surface area contributed by atoms with E-state index in [1.165, 1.54) is 12.1 Å². The van der Waals surface area contributed by atoms with Gasteiger partial charge in [-0.2, -0.15) is 0 Å². The molecular weight excluding hydrogens is 326 g/mol. The summed E-state index contributed by atoms with van der Waals surface area (Å²) in [4.78, 5) is 13.7. The maximum absolute atomic E-state index is 12.0. The Morgan fingerprint density at radius 2 is 2.00 bits per heavy atom. The molecule has 1 amide bonds. The van der Waals surface area contributed by atoms with Crippen molar-refractivity contribution in [2.75, 3.05) is 33.7 Å². The molecule has 0 spiro atoms. The first-order valence-electron chi connectivity index (χ1n) is 6.98. The zero-order valence-electron chi connectivity index (χ0n) is 12.8. The second-order valence-corrected chi connectivity index (χ2v) is 7.32. The minimum atomic E-state index is -3.64. The normalized spacial score (nSPS) is 11.6. The van der Waals surface area contributed by atoms with Gasteiger partial charge in [0.1, 0.15) is 0 Å². The summed E-state index contributed by atoms with van der Waals surface area (Å²) in [7, 11) is 0.293. The van der Waals surface area contributed by atoms with E-state index in [1.807, 2.05) is 19.0 Å².